The lowest BCUT2D eigenvalue weighted by Crippen LogP contribution is -1.94. The average Bonchev–Trinajstić information content (AvgIpc) is 2.82. The molecular weight excluding hydrogens is 306 g/mol. The summed E-state index contributed by atoms with van der Waals surface area (Å²) < 4.78 is 2.34. The zero-order valence-corrected chi connectivity index (χ0v) is 14.4. The third-order valence-electron chi connectivity index (χ3n) is 4.11. The van der Waals surface area contributed by atoms with Crippen molar-refractivity contribution in [2.24, 2.45) is 0 Å². The van der Waals surface area contributed by atoms with Crippen LogP contribution in [0.5, 0.6) is 0 Å². The van der Waals surface area contributed by atoms with Gasteiger partial charge in [0.05, 0.1) is 0 Å². The first kappa shape index (κ1) is 15.6. The van der Waals surface area contributed by atoms with Gasteiger partial charge >= 0.3 is 0 Å². The Kier molecular flexibility index (Phi) is 4.84. The molecule has 22 heavy (non-hydrogen) atoms. The van der Waals surface area contributed by atoms with E-state index < -0.39 is 0 Å². The lowest BCUT2D eigenvalue weighted by atomic mass is 10.1. The first-order valence-electron chi connectivity index (χ1n) is 7.65. The maximum Gasteiger partial charge on any atom is 0.0494 e. The van der Waals surface area contributed by atoms with Crippen molar-refractivity contribution in [2.75, 3.05) is 11.5 Å². The number of benzene rings is 2. The lowest BCUT2D eigenvalue weighted by Gasteiger charge is -2.04. The number of fused-ring (bicyclic) bond motifs is 3. The second-order valence-corrected chi connectivity index (χ2v) is 6.44. The standard InChI is InChI=1S/C19H21NS2/c1-2-9-20-18-5-3-14(7-10-21)12-16(18)17-13-15(8-11-22)4-6-19(17)20/h2-6,12-13,21-22H,1,7-11H2. The Morgan fingerprint density at radius 2 is 1.36 bits per heavy atom. The minimum absolute atomic E-state index is 0.831. The molecule has 0 aliphatic carbocycles. The van der Waals surface area contributed by atoms with Crippen molar-refractivity contribution < 1.29 is 0 Å². The van der Waals surface area contributed by atoms with E-state index in [1.165, 1.54) is 32.9 Å². The van der Waals surface area contributed by atoms with Gasteiger partial charge in [0.25, 0.3) is 0 Å². The van der Waals surface area contributed by atoms with Crippen molar-refractivity contribution in [1.29, 1.82) is 0 Å². The van der Waals surface area contributed by atoms with Gasteiger partial charge in [-0.2, -0.15) is 25.3 Å². The average molecular weight is 328 g/mol. The molecule has 0 bridgehead atoms. The molecular formula is C19H21NS2. The monoisotopic (exact) mass is 327 g/mol. The Bertz CT molecular complexity index is 754. The summed E-state index contributed by atoms with van der Waals surface area (Å²) in [5.74, 6) is 1.75. The molecule has 1 nitrogen and oxygen atoms in total. The fourth-order valence-electron chi connectivity index (χ4n) is 3.09. The van der Waals surface area contributed by atoms with Crippen molar-refractivity contribution in [3.8, 4) is 0 Å². The molecule has 3 aromatic rings. The third-order valence-corrected chi connectivity index (χ3v) is 4.55. The minimum Gasteiger partial charge on any atom is -0.337 e. The van der Waals surface area contributed by atoms with E-state index in [9.17, 15) is 0 Å². The highest BCUT2D eigenvalue weighted by atomic mass is 32.1. The van der Waals surface area contributed by atoms with Gasteiger partial charge in [0, 0.05) is 28.4 Å². The molecule has 114 valence electrons. The van der Waals surface area contributed by atoms with E-state index in [-0.39, 0.29) is 0 Å². The topological polar surface area (TPSA) is 4.93 Å². The molecule has 1 heterocycles. The van der Waals surface area contributed by atoms with Crippen LogP contribution < -0.4 is 0 Å². The fraction of sp³-hybridized carbons (Fsp3) is 0.263. The molecule has 0 saturated carbocycles. The number of aryl methyl sites for hydroxylation is 2. The van der Waals surface area contributed by atoms with Crippen LogP contribution in [0.1, 0.15) is 11.1 Å². The van der Waals surface area contributed by atoms with Crippen LogP contribution in [0.4, 0.5) is 0 Å². The largest absolute Gasteiger partial charge is 0.337 e. The Morgan fingerprint density at radius 1 is 0.864 bits per heavy atom. The Morgan fingerprint density at radius 3 is 1.77 bits per heavy atom. The van der Waals surface area contributed by atoms with Crippen molar-refractivity contribution in [1.82, 2.24) is 4.57 Å². The lowest BCUT2D eigenvalue weighted by molar-refractivity contribution is 0.900. The second kappa shape index (κ2) is 6.84. The van der Waals surface area contributed by atoms with E-state index in [1.807, 2.05) is 6.08 Å². The Labute approximate surface area is 142 Å². The highest BCUT2D eigenvalue weighted by Gasteiger charge is 2.11. The van der Waals surface area contributed by atoms with Gasteiger partial charge in [-0.05, 0) is 59.7 Å². The predicted octanol–water partition coefficient (Wildman–Crippen LogP) is 4.93. The molecule has 0 radical (unpaired) electrons. The second-order valence-electron chi connectivity index (χ2n) is 5.55. The summed E-state index contributed by atoms with van der Waals surface area (Å²) in [6, 6.07) is 13.5. The Balaban J connectivity index is 2.28. The maximum atomic E-state index is 4.36. The van der Waals surface area contributed by atoms with Gasteiger partial charge in [0.2, 0.25) is 0 Å². The van der Waals surface area contributed by atoms with Gasteiger partial charge in [-0.25, -0.2) is 0 Å². The maximum absolute atomic E-state index is 4.36. The highest BCUT2D eigenvalue weighted by Crippen LogP contribution is 2.31. The normalized spacial score (nSPS) is 11.4. The van der Waals surface area contributed by atoms with Crippen molar-refractivity contribution in [2.45, 2.75) is 19.4 Å². The van der Waals surface area contributed by atoms with Crippen LogP contribution in [0.15, 0.2) is 49.1 Å². The number of thiol groups is 2. The molecule has 3 heteroatoms. The highest BCUT2D eigenvalue weighted by molar-refractivity contribution is 7.80. The number of hydrogen-bond donors (Lipinski definition) is 2. The summed E-state index contributed by atoms with van der Waals surface area (Å²) >= 11 is 8.71. The van der Waals surface area contributed by atoms with Crippen LogP contribution in [0.25, 0.3) is 21.8 Å². The minimum atomic E-state index is 0.831. The number of rotatable bonds is 6. The van der Waals surface area contributed by atoms with E-state index in [1.54, 1.807) is 0 Å². The van der Waals surface area contributed by atoms with Gasteiger partial charge in [-0.1, -0.05) is 18.2 Å². The quantitative estimate of drug-likeness (QED) is 0.468. The molecule has 0 atom stereocenters. The smallest absolute Gasteiger partial charge is 0.0494 e. The van der Waals surface area contributed by atoms with Crippen molar-refractivity contribution in [3.05, 3.63) is 60.2 Å². The molecule has 0 saturated heterocycles. The molecule has 0 N–H and O–H groups in total. The van der Waals surface area contributed by atoms with Crippen LogP contribution in [-0.4, -0.2) is 16.1 Å². The molecule has 0 unspecified atom stereocenters. The zero-order chi connectivity index (χ0) is 15.5. The Hall–Kier alpha value is -1.32. The van der Waals surface area contributed by atoms with Gasteiger partial charge in [-0.15, -0.1) is 6.58 Å². The first-order chi connectivity index (χ1) is 10.8. The van der Waals surface area contributed by atoms with Gasteiger partial charge in [-0.3, -0.25) is 0 Å². The van der Waals surface area contributed by atoms with Crippen molar-refractivity contribution in [3.63, 3.8) is 0 Å². The summed E-state index contributed by atoms with van der Waals surface area (Å²) in [5.41, 5.74) is 5.25. The van der Waals surface area contributed by atoms with Crippen LogP contribution in [0, 0.1) is 0 Å². The van der Waals surface area contributed by atoms with Gasteiger partial charge in [0.15, 0.2) is 0 Å². The molecule has 3 rings (SSSR count). The molecule has 0 amide bonds. The zero-order valence-electron chi connectivity index (χ0n) is 12.6. The summed E-state index contributed by atoms with van der Waals surface area (Å²) in [6.07, 6.45) is 3.97. The van der Waals surface area contributed by atoms with Crippen LogP contribution in [0.3, 0.4) is 0 Å². The molecule has 1 aromatic heterocycles. The van der Waals surface area contributed by atoms with Crippen LogP contribution in [0.2, 0.25) is 0 Å². The van der Waals surface area contributed by atoms with E-state index in [0.717, 1.165) is 30.9 Å². The number of allylic oxidation sites excluding steroid dienone is 1. The first-order valence-corrected chi connectivity index (χ1v) is 8.91. The van der Waals surface area contributed by atoms with E-state index in [0.29, 0.717) is 0 Å². The molecule has 0 aliphatic rings. The number of aromatic nitrogens is 1. The van der Waals surface area contributed by atoms with Gasteiger partial charge in [0.1, 0.15) is 0 Å². The molecule has 0 aliphatic heterocycles. The molecule has 0 spiro atoms. The predicted molar refractivity (Wildman–Crippen MR) is 105 cm³/mol. The third kappa shape index (κ3) is 2.80. The molecule has 0 fully saturated rings. The summed E-state index contributed by atoms with van der Waals surface area (Å²) in [5, 5.41) is 2.66. The SMILES string of the molecule is C=CCn1c2ccc(CCS)cc2c2cc(CCS)ccc21. The van der Waals surface area contributed by atoms with E-state index in [4.69, 9.17) is 0 Å². The van der Waals surface area contributed by atoms with E-state index >= 15 is 0 Å². The summed E-state index contributed by atoms with van der Waals surface area (Å²) in [7, 11) is 0. The number of nitrogens with zero attached hydrogens (tertiary/aromatic N) is 1. The molecule has 2 aromatic carbocycles. The summed E-state index contributed by atoms with van der Waals surface area (Å²) in [4.78, 5) is 0. The van der Waals surface area contributed by atoms with E-state index in [2.05, 4.69) is 72.8 Å². The number of hydrogen-bond acceptors (Lipinski definition) is 2. The van der Waals surface area contributed by atoms with Crippen LogP contribution in [-0.2, 0) is 19.4 Å². The summed E-state index contributed by atoms with van der Waals surface area (Å²) in [6.45, 7) is 4.73. The van der Waals surface area contributed by atoms with Gasteiger partial charge < -0.3 is 4.57 Å². The van der Waals surface area contributed by atoms with Crippen LogP contribution >= 0.6 is 25.3 Å². The van der Waals surface area contributed by atoms with Crippen molar-refractivity contribution >= 4 is 47.1 Å². The fourth-order valence-corrected chi connectivity index (χ4v) is 3.61.